The van der Waals surface area contributed by atoms with Crippen molar-refractivity contribution in [2.24, 2.45) is 11.5 Å². The van der Waals surface area contributed by atoms with Gasteiger partial charge >= 0.3 is 24.1 Å². The van der Waals surface area contributed by atoms with E-state index in [1.165, 1.54) is 169 Å². The number of urea groups is 4. The lowest BCUT2D eigenvalue weighted by Crippen LogP contribution is -2.45. The van der Waals surface area contributed by atoms with E-state index in [1.807, 2.05) is 36.4 Å². The molecule has 8 N–H and O–H groups in total. The van der Waals surface area contributed by atoms with Gasteiger partial charge in [0.2, 0.25) is 0 Å². The Bertz CT molecular complexity index is 4080. The molecule has 11 rings (SSSR count). The number of nitrogens with one attached hydrogen (secondary N) is 4. The van der Waals surface area contributed by atoms with Gasteiger partial charge in [-0.05, 0) is 179 Å². The van der Waals surface area contributed by atoms with Gasteiger partial charge < -0.3 is 31.2 Å². The molecule has 0 atom stereocenters. The van der Waals surface area contributed by atoms with Gasteiger partial charge in [0, 0.05) is 80.6 Å². The molecule has 488 valence electrons. The van der Waals surface area contributed by atoms with Gasteiger partial charge in [-0.3, -0.25) is 10.6 Å². The van der Waals surface area contributed by atoms with Crippen LogP contribution in [0.25, 0.3) is 86.7 Å². The average Bonchev–Trinajstić information content (AvgIpc) is 1.03. The molecular weight excluding hydrogens is 1160 g/mol. The first-order valence-electron chi connectivity index (χ1n) is 34.6. The first-order valence-corrected chi connectivity index (χ1v) is 34.6. The quantitative estimate of drug-likeness (QED) is 0.0159. The third kappa shape index (κ3) is 17.1. The smallest absolute Gasteiger partial charge is 0.322 e. The Labute approximate surface area is 553 Å². The number of unbranched alkanes of at least 4 members (excludes halogenated alkanes) is 12. The molecule has 0 bridgehead atoms. The van der Waals surface area contributed by atoms with E-state index in [1.54, 1.807) is 5.32 Å². The van der Waals surface area contributed by atoms with Crippen molar-refractivity contribution in [3.63, 3.8) is 0 Å². The fourth-order valence-electron chi connectivity index (χ4n) is 13.6. The van der Waals surface area contributed by atoms with Gasteiger partial charge in [0.15, 0.2) is 0 Å². The summed E-state index contributed by atoms with van der Waals surface area (Å²) in [6, 6.07) is 50.0. The fraction of sp³-hybridized carbons (Fsp3) is 0.375. The van der Waals surface area contributed by atoms with Crippen LogP contribution in [0.4, 0.5) is 19.2 Å². The number of nitrogens with two attached hydrogens (primary N) is 2. The van der Waals surface area contributed by atoms with E-state index in [0.29, 0.717) is 24.2 Å². The number of aromatic nitrogens is 2. The zero-order valence-electron chi connectivity index (χ0n) is 55.7. The summed E-state index contributed by atoms with van der Waals surface area (Å²) < 4.78 is 4.83. The molecule has 0 aliphatic heterocycles. The Hall–Kier alpha value is -9.66. The fourth-order valence-corrected chi connectivity index (χ4v) is 13.6. The SMILES string of the molecule is CCCCCCc1ccc2c(c1)c1cc(CCCCCC)ccc1n2CCCNC(=O)NC(=O)NCCCn1c2ccc(CCCCCC)cc2c2cc(CCCCCC)ccc21.N#Cc1ccc2cccc3c4c(C#N)ccc5cccc(c1c23)c54.NC(=O)NC(N)=O. The molecule has 14 heteroatoms. The summed E-state index contributed by atoms with van der Waals surface area (Å²) in [5.74, 6) is 0. The van der Waals surface area contributed by atoms with Gasteiger partial charge in [0.25, 0.3) is 0 Å². The maximum atomic E-state index is 12.8. The lowest BCUT2D eigenvalue weighted by atomic mass is 9.86. The van der Waals surface area contributed by atoms with E-state index in [0.717, 1.165) is 94.7 Å². The van der Waals surface area contributed by atoms with E-state index in [-0.39, 0.29) is 0 Å². The number of nitriles is 2. The number of carbonyl (C=O) groups excluding carboxylic acids is 4. The van der Waals surface area contributed by atoms with E-state index < -0.39 is 24.1 Å². The Morgan fingerprint density at radius 1 is 0.372 bits per heavy atom. The highest BCUT2D eigenvalue weighted by molar-refractivity contribution is 6.34. The van der Waals surface area contributed by atoms with Crippen LogP contribution in [-0.4, -0.2) is 46.3 Å². The molecule has 0 fully saturated rings. The monoisotopic (exact) mass is 1260 g/mol. The molecule has 0 saturated heterocycles. The van der Waals surface area contributed by atoms with Gasteiger partial charge in [-0.2, -0.15) is 10.5 Å². The van der Waals surface area contributed by atoms with Crippen LogP contribution in [0.2, 0.25) is 0 Å². The molecule has 14 nitrogen and oxygen atoms in total. The molecule has 2 aromatic heterocycles. The number of amides is 8. The third-order valence-electron chi connectivity index (χ3n) is 18.3. The highest BCUT2D eigenvalue weighted by Gasteiger charge is 2.19. The molecule has 9 aromatic carbocycles. The van der Waals surface area contributed by atoms with Crippen LogP contribution in [0.5, 0.6) is 0 Å². The number of carbonyl (C=O) groups is 4. The van der Waals surface area contributed by atoms with Gasteiger partial charge in [-0.1, -0.05) is 178 Å². The molecular formula is C80H94N10O4. The van der Waals surface area contributed by atoms with E-state index in [2.05, 4.69) is 173 Å². The van der Waals surface area contributed by atoms with Gasteiger partial charge in [-0.25, -0.2) is 19.2 Å². The molecule has 0 radical (unpaired) electrons. The number of primary amides is 2. The Morgan fingerprint density at radius 3 is 0.989 bits per heavy atom. The zero-order chi connectivity index (χ0) is 66.3. The van der Waals surface area contributed by atoms with Crippen molar-refractivity contribution in [1.29, 1.82) is 10.5 Å². The maximum Gasteiger partial charge on any atom is 0.322 e. The van der Waals surface area contributed by atoms with Crippen molar-refractivity contribution in [1.82, 2.24) is 30.4 Å². The number of nitrogens with zero attached hydrogens (tertiary/aromatic N) is 4. The van der Waals surface area contributed by atoms with E-state index >= 15 is 0 Å². The number of hydrogen-bond acceptors (Lipinski definition) is 6. The number of benzene rings is 9. The summed E-state index contributed by atoms with van der Waals surface area (Å²) in [4.78, 5) is 44.9. The minimum Gasteiger partial charge on any atom is -0.351 e. The predicted molar refractivity (Wildman–Crippen MR) is 389 cm³/mol. The van der Waals surface area contributed by atoms with Gasteiger partial charge in [0.05, 0.1) is 23.3 Å². The Morgan fingerprint density at radius 2 is 0.702 bits per heavy atom. The third-order valence-corrected chi connectivity index (χ3v) is 18.3. The highest BCUT2D eigenvalue weighted by atomic mass is 16.2. The summed E-state index contributed by atoms with van der Waals surface area (Å²) in [5.41, 5.74) is 20.9. The van der Waals surface area contributed by atoms with Gasteiger partial charge in [-0.15, -0.1) is 0 Å². The molecule has 2 heterocycles. The molecule has 0 spiro atoms. The van der Waals surface area contributed by atoms with Crippen LogP contribution in [0, 0.1) is 22.7 Å². The summed E-state index contributed by atoms with van der Waals surface area (Å²) in [6.07, 6.45) is 26.2. The van der Waals surface area contributed by atoms with Crippen molar-refractivity contribution in [3.05, 3.63) is 167 Å². The second-order valence-electron chi connectivity index (χ2n) is 25.2. The van der Waals surface area contributed by atoms with Gasteiger partial charge in [0.1, 0.15) is 0 Å². The van der Waals surface area contributed by atoms with Crippen LogP contribution in [0.15, 0.2) is 133 Å². The summed E-state index contributed by atoms with van der Waals surface area (Å²) in [7, 11) is 0. The normalized spacial score (nSPS) is 11.3. The van der Waals surface area contributed by atoms with Crippen molar-refractivity contribution >= 4 is 111 Å². The van der Waals surface area contributed by atoms with Crippen LogP contribution in [-0.2, 0) is 38.8 Å². The Balaban J connectivity index is 0.000000272. The molecule has 0 aliphatic carbocycles. The number of imide groups is 2. The summed E-state index contributed by atoms with van der Waals surface area (Å²) in [6.45, 7) is 11.6. The lowest BCUT2D eigenvalue weighted by Gasteiger charge is -2.15. The van der Waals surface area contributed by atoms with Crippen molar-refractivity contribution in [3.8, 4) is 12.1 Å². The molecule has 8 amide bonds. The van der Waals surface area contributed by atoms with Crippen LogP contribution >= 0.6 is 0 Å². The van der Waals surface area contributed by atoms with Crippen LogP contribution < -0.4 is 32.7 Å². The highest BCUT2D eigenvalue weighted by Crippen LogP contribution is 2.43. The van der Waals surface area contributed by atoms with Crippen molar-refractivity contribution < 1.29 is 19.2 Å². The van der Waals surface area contributed by atoms with Crippen LogP contribution in [0.3, 0.4) is 0 Å². The lowest BCUT2D eigenvalue weighted by molar-refractivity contribution is 0.226. The summed E-state index contributed by atoms with van der Waals surface area (Å²) >= 11 is 0. The van der Waals surface area contributed by atoms with Crippen LogP contribution in [0.1, 0.15) is 177 Å². The number of fused-ring (bicyclic) bond motifs is 8. The van der Waals surface area contributed by atoms with Crippen molar-refractivity contribution in [2.45, 2.75) is 182 Å². The maximum absolute atomic E-state index is 12.8. The number of aryl methyl sites for hydroxylation is 6. The standard InChI is InChI=1S/C56H79N5O2.C22H10N2.C2H5N3O2/c1-5-9-13-17-23-43-27-31-51-47(39-43)48-40-44(24-18-14-10-6-2)28-32-52(48)60(51)37-21-35-57-55(62)59-56(63)58-36-22-38-61-53-33-29-45(25-19-15-11-7-3)41-49(53)50-42-46(30-34-54(50)61)26-20-16-12-8-4;23-11-15-10-8-14-4-2-6-18-20(14)21(15)17-5-1-3-13-7-9-16(12-24)22(18)19(13)17;3-1(6)5-2(4)7/h27-34,39-42H,5-26,35-38H2,1-4H3,(H3,57,58,59,62,63);1-10H;(H5,3,4,5,6,7). The Kier molecular flexibility index (Phi) is 25.1. The predicted octanol–water partition coefficient (Wildman–Crippen LogP) is 19.1. The number of rotatable bonds is 28. The molecule has 0 saturated carbocycles. The van der Waals surface area contributed by atoms with Crippen molar-refractivity contribution in [2.75, 3.05) is 13.1 Å². The molecule has 94 heavy (non-hydrogen) atoms. The first-order chi connectivity index (χ1) is 45.9. The molecule has 0 aliphatic rings. The second kappa shape index (κ2) is 34.3. The minimum absolute atomic E-state index is 0.464. The zero-order valence-corrected chi connectivity index (χ0v) is 55.7. The molecule has 0 unspecified atom stereocenters. The van der Waals surface area contributed by atoms with E-state index in [9.17, 15) is 29.7 Å². The topological polar surface area (TPSA) is 226 Å². The largest absolute Gasteiger partial charge is 0.351 e. The number of hydrogen-bond donors (Lipinski definition) is 6. The minimum atomic E-state index is -0.938. The first kappa shape index (κ1) is 68.7. The second-order valence-corrected chi connectivity index (χ2v) is 25.2. The van der Waals surface area contributed by atoms with E-state index in [4.69, 9.17) is 0 Å². The molecule has 11 aromatic rings. The average molecular weight is 1260 g/mol. The summed E-state index contributed by atoms with van der Waals surface area (Å²) in [5, 5.41) is 42.9.